The molecule has 0 bridgehead atoms. The van der Waals surface area contributed by atoms with Crippen LogP contribution in [-0.4, -0.2) is 26.1 Å². The minimum atomic E-state index is 0.309. The van der Waals surface area contributed by atoms with Gasteiger partial charge in [-0.1, -0.05) is 32.1 Å². The van der Waals surface area contributed by atoms with Gasteiger partial charge in [-0.25, -0.2) is 4.98 Å². The number of rotatable bonds is 4. The van der Waals surface area contributed by atoms with Gasteiger partial charge in [0.05, 0.1) is 6.33 Å². The van der Waals surface area contributed by atoms with Crippen molar-refractivity contribution in [2.45, 2.75) is 63.8 Å². The summed E-state index contributed by atoms with van der Waals surface area (Å²) < 4.78 is 2.20. The first-order chi connectivity index (χ1) is 11.3. The van der Waals surface area contributed by atoms with Gasteiger partial charge in [-0.15, -0.1) is 0 Å². The van der Waals surface area contributed by atoms with E-state index in [9.17, 15) is 0 Å². The lowest BCUT2D eigenvalue weighted by atomic mass is 9.89. The van der Waals surface area contributed by atoms with Crippen LogP contribution in [0.2, 0.25) is 5.28 Å². The van der Waals surface area contributed by atoms with Gasteiger partial charge in [0.1, 0.15) is 0 Å². The number of nitrogens with one attached hydrogen (secondary N) is 1. The van der Waals surface area contributed by atoms with E-state index >= 15 is 0 Å². The van der Waals surface area contributed by atoms with E-state index in [1.165, 1.54) is 57.8 Å². The molecule has 0 unspecified atom stereocenters. The summed E-state index contributed by atoms with van der Waals surface area (Å²) in [6, 6.07) is 0.511. The number of nitrogens with zero attached hydrogens (tertiary/aromatic N) is 4. The Bertz CT molecular complexity index is 671. The summed E-state index contributed by atoms with van der Waals surface area (Å²) in [4.78, 5) is 13.4. The Morgan fingerprint density at radius 2 is 1.78 bits per heavy atom. The summed E-state index contributed by atoms with van der Waals surface area (Å²) in [5.74, 6) is 1.53. The molecule has 2 aromatic heterocycles. The number of anilines is 1. The molecule has 2 saturated carbocycles. The van der Waals surface area contributed by atoms with E-state index < -0.39 is 0 Å². The van der Waals surface area contributed by atoms with E-state index in [1.807, 2.05) is 6.33 Å². The van der Waals surface area contributed by atoms with Gasteiger partial charge in [0.25, 0.3) is 0 Å². The molecule has 2 aliphatic rings. The van der Waals surface area contributed by atoms with E-state index in [4.69, 9.17) is 11.6 Å². The monoisotopic (exact) mass is 333 g/mol. The molecule has 4 rings (SSSR count). The van der Waals surface area contributed by atoms with Crippen LogP contribution in [0.25, 0.3) is 11.2 Å². The highest BCUT2D eigenvalue weighted by Crippen LogP contribution is 2.33. The molecular formula is C17H24ClN5. The van der Waals surface area contributed by atoms with Crippen LogP contribution in [0, 0.1) is 5.92 Å². The molecular weight excluding hydrogens is 310 g/mol. The van der Waals surface area contributed by atoms with Crippen molar-refractivity contribution in [1.29, 1.82) is 0 Å². The van der Waals surface area contributed by atoms with Gasteiger partial charge < -0.3 is 9.88 Å². The third-order valence-corrected chi connectivity index (χ3v) is 5.56. The van der Waals surface area contributed by atoms with Crippen molar-refractivity contribution in [1.82, 2.24) is 19.5 Å². The zero-order valence-corrected chi connectivity index (χ0v) is 14.2. The molecule has 0 spiro atoms. The summed E-state index contributed by atoms with van der Waals surface area (Å²) in [6.07, 6.45) is 13.6. The van der Waals surface area contributed by atoms with Gasteiger partial charge >= 0.3 is 0 Å². The fourth-order valence-corrected chi connectivity index (χ4v) is 4.26. The fourth-order valence-electron chi connectivity index (χ4n) is 4.10. The van der Waals surface area contributed by atoms with Crippen LogP contribution < -0.4 is 5.32 Å². The standard InChI is InChI=1S/C17H24ClN5/c18-17-21-15(19-10-12-6-2-1-3-7-12)14-16(22-17)23(11-20-14)13-8-4-5-9-13/h11-13H,1-10H2,(H,19,21,22). The second kappa shape index (κ2) is 6.63. The Kier molecular flexibility index (Phi) is 4.38. The van der Waals surface area contributed by atoms with Crippen molar-refractivity contribution in [2.24, 2.45) is 5.92 Å². The first kappa shape index (κ1) is 15.2. The van der Waals surface area contributed by atoms with Crippen molar-refractivity contribution in [2.75, 3.05) is 11.9 Å². The molecule has 0 amide bonds. The summed E-state index contributed by atoms with van der Waals surface area (Å²) >= 11 is 6.18. The molecule has 0 aliphatic heterocycles. The molecule has 0 atom stereocenters. The molecule has 2 aliphatic carbocycles. The minimum absolute atomic E-state index is 0.309. The maximum Gasteiger partial charge on any atom is 0.226 e. The van der Waals surface area contributed by atoms with Crippen LogP contribution in [0.15, 0.2) is 6.33 Å². The molecule has 23 heavy (non-hydrogen) atoms. The molecule has 124 valence electrons. The fraction of sp³-hybridized carbons (Fsp3) is 0.706. The second-order valence-electron chi connectivity index (χ2n) is 6.99. The van der Waals surface area contributed by atoms with Crippen LogP contribution in [0.1, 0.15) is 63.8 Å². The van der Waals surface area contributed by atoms with Crippen LogP contribution in [0.4, 0.5) is 5.82 Å². The van der Waals surface area contributed by atoms with E-state index in [0.717, 1.165) is 29.4 Å². The highest BCUT2D eigenvalue weighted by Gasteiger charge is 2.22. The third kappa shape index (κ3) is 3.16. The van der Waals surface area contributed by atoms with Crippen molar-refractivity contribution in [3.8, 4) is 0 Å². The topological polar surface area (TPSA) is 55.6 Å². The largest absolute Gasteiger partial charge is 0.368 e. The summed E-state index contributed by atoms with van der Waals surface area (Å²) in [5.41, 5.74) is 1.74. The van der Waals surface area contributed by atoms with Crippen molar-refractivity contribution < 1.29 is 0 Å². The number of halogens is 1. The van der Waals surface area contributed by atoms with Gasteiger partial charge in [-0.05, 0) is 43.2 Å². The zero-order chi connectivity index (χ0) is 15.6. The summed E-state index contributed by atoms with van der Waals surface area (Å²) in [5, 5.41) is 3.80. The zero-order valence-electron chi connectivity index (χ0n) is 13.5. The maximum absolute atomic E-state index is 6.18. The van der Waals surface area contributed by atoms with Crippen LogP contribution in [-0.2, 0) is 0 Å². The van der Waals surface area contributed by atoms with Crippen molar-refractivity contribution >= 4 is 28.6 Å². The van der Waals surface area contributed by atoms with Crippen LogP contribution in [0.3, 0.4) is 0 Å². The first-order valence-corrected chi connectivity index (χ1v) is 9.33. The normalized spacial score (nSPS) is 20.4. The maximum atomic E-state index is 6.18. The molecule has 2 heterocycles. The smallest absolute Gasteiger partial charge is 0.226 e. The Balaban J connectivity index is 1.58. The lowest BCUT2D eigenvalue weighted by Gasteiger charge is -2.22. The molecule has 2 aromatic rings. The number of hydrogen-bond acceptors (Lipinski definition) is 4. The third-order valence-electron chi connectivity index (χ3n) is 5.40. The number of hydrogen-bond donors (Lipinski definition) is 1. The Morgan fingerprint density at radius 1 is 1.04 bits per heavy atom. The highest BCUT2D eigenvalue weighted by atomic mass is 35.5. The van der Waals surface area contributed by atoms with E-state index in [0.29, 0.717) is 11.3 Å². The summed E-state index contributed by atoms with van der Waals surface area (Å²) in [7, 11) is 0. The second-order valence-corrected chi connectivity index (χ2v) is 7.33. The number of fused-ring (bicyclic) bond motifs is 1. The van der Waals surface area contributed by atoms with E-state index in [-0.39, 0.29) is 0 Å². The lowest BCUT2D eigenvalue weighted by Crippen LogP contribution is -2.18. The van der Waals surface area contributed by atoms with Crippen molar-refractivity contribution in [3.05, 3.63) is 11.6 Å². The van der Waals surface area contributed by atoms with Gasteiger partial charge in [0.2, 0.25) is 5.28 Å². The lowest BCUT2D eigenvalue weighted by molar-refractivity contribution is 0.373. The van der Waals surface area contributed by atoms with E-state index in [1.54, 1.807) is 0 Å². The summed E-state index contributed by atoms with van der Waals surface area (Å²) in [6.45, 7) is 0.957. The molecule has 2 fully saturated rings. The van der Waals surface area contributed by atoms with Gasteiger partial charge in [-0.3, -0.25) is 0 Å². The Labute approximate surface area is 141 Å². The van der Waals surface area contributed by atoms with Crippen LogP contribution >= 0.6 is 11.6 Å². The van der Waals surface area contributed by atoms with Gasteiger partial charge in [0.15, 0.2) is 17.0 Å². The van der Waals surface area contributed by atoms with Gasteiger partial charge in [-0.2, -0.15) is 9.97 Å². The quantitative estimate of drug-likeness (QED) is 0.831. The van der Waals surface area contributed by atoms with Crippen LogP contribution in [0.5, 0.6) is 0 Å². The van der Waals surface area contributed by atoms with E-state index in [2.05, 4.69) is 24.8 Å². The minimum Gasteiger partial charge on any atom is -0.368 e. The number of imidazole rings is 1. The number of aromatic nitrogens is 4. The molecule has 6 heteroatoms. The molecule has 5 nitrogen and oxygen atoms in total. The van der Waals surface area contributed by atoms with Gasteiger partial charge in [0, 0.05) is 12.6 Å². The average molecular weight is 334 g/mol. The molecule has 0 radical (unpaired) electrons. The predicted octanol–water partition coefficient (Wildman–Crippen LogP) is 4.59. The molecule has 0 aromatic carbocycles. The van der Waals surface area contributed by atoms with Crippen molar-refractivity contribution in [3.63, 3.8) is 0 Å². The predicted molar refractivity (Wildman–Crippen MR) is 92.9 cm³/mol. The Hall–Kier alpha value is -1.36. The SMILES string of the molecule is Clc1nc(NCC2CCCCC2)c2ncn(C3CCCC3)c2n1. The molecule has 1 N–H and O–H groups in total. The first-order valence-electron chi connectivity index (χ1n) is 8.95. The highest BCUT2D eigenvalue weighted by molar-refractivity contribution is 6.28. The Morgan fingerprint density at radius 3 is 2.57 bits per heavy atom. The molecule has 0 saturated heterocycles. The average Bonchev–Trinajstić information content (AvgIpc) is 3.22.